The third-order valence-electron chi connectivity index (χ3n) is 2.53. The van der Waals surface area contributed by atoms with Crippen molar-refractivity contribution in [2.45, 2.75) is 20.1 Å². The van der Waals surface area contributed by atoms with Crippen LogP contribution in [0, 0.1) is 6.92 Å². The Morgan fingerprint density at radius 3 is 2.94 bits per heavy atom. The van der Waals surface area contributed by atoms with Crippen molar-refractivity contribution in [3.63, 3.8) is 0 Å². The first-order valence-corrected chi connectivity index (χ1v) is 7.23. The highest BCUT2D eigenvalue weighted by molar-refractivity contribution is 9.10. The molecule has 0 saturated heterocycles. The van der Waals surface area contributed by atoms with Crippen LogP contribution in [0.1, 0.15) is 15.4 Å². The second-order valence-corrected chi connectivity index (χ2v) is 6.07. The molecule has 0 aliphatic carbocycles. The summed E-state index contributed by atoms with van der Waals surface area (Å²) in [5, 5.41) is 4.52. The molecular formula is C13H15BrN2OS. The average Bonchev–Trinajstić information content (AvgIpc) is 2.76. The number of anilines is 1. The molecule has 18 heavy (non-hydrogen) atoms. The zero-order valence-electron chi connectivity index (χ0n) is 10.4. The fraction of sp³-hybridized carbons (Fsp3) is 0.308. The molecular weight excluding hydrogens is 312 g/mol. The fourth-order valence-electron chi connectivity index (χ4n) is 1.68. The van der Waals surface area contributed by atoms with E-state index < -0.39 is 0 Å². The summed E-state index contributed by atoms with van der Waals surface area (Å²) in [4.78, 5) is 5.48. The first kappa shape index (κ1) is 13.5. The van der Waals surface area contributed by atoms with Crippen LogP contribution in [-0.4, -0.2) is 12.1 Å². The minimum Gasteiger partial charge on any atom is -0.380 e. The Balaban J connectivity index is 2.11. The number of ether oxygens (including phenoxy) is 1. The van der Waals surface area contributed by atoms with Crippen molar-refractivity contribution in [1.82, 2.24) is 4.98 Å². The fourth-order valence-corrected chi connectivity index (χ4v) is 2.90. The van der Waals surface area contributed by atoms with E-state index in [1.54, 1.807) is 18.4 Å². The van der Waals surface area contributed by atoms with E-state index in [2.05, 4.69) is 32.3 Å². The quantitative estimate of drug-likeness (QED) is 0.902. The van der Waals surface area contributed by atoms with Crippen molar-refractivity contribution in [2.24, 2.45) is 0 Å². The van der Waals surface area contributed by atoms with Crippen LogP contribution >= 0.6 is 27.3 Å². The lowest BCUT2D eigenvalue weighted by molar-refractivity contribution is 0.185. The summed E-state index contributed by atoms with van der Waals surface area (Å²) < 4.78 is 6.29. The minimum atomic E-state index is 0.589. The SMILES string of the molecule is COCc1c(Br)cccc1NCc1cnc(C)s1. The largest absolute Gasteiger partial charge is 0.380 e. The maximum atomic E-state index is 5.23. The van der Waals surface area contributed by atoms with Gasteiger partial charge in [0.1, 0.15) is 0 Å². The van der Waals surface area contributed by atoms with Crippen molar-refractivity contribution in [3.05, 3.63) is 44.3 Å². The van der Waals surface area contributed by atoms with Crippen LogP contribution < -0.4 is 5.32 Å². The Morgan fingerprint density at radius 1 is 1.44 bits per heavy atom. The lowest BCUT2D eigenvalue weighted by Gasteiger charge is -2.12. The van der Waals surface area contributed by atoms with Gasteiger partial charge in [0.05, 0.1) is 18.2 Å². The van der Waals surface area contributed by atoms with E-state index in [4.69, 9.17) is 4.74 Å². The van der Waals surface area contributed by atoms with Gasteiger partial charge in [0.15, 0.2) is 0 Å². The second-order valence-electron chi connectivity index (χ2n) is 3.90. The topological polar surface area (TPSA) is 34.1 Å². The third-order valence-corrected chi connectivity index (χ3v) is 4.19. The van der Waals surface area contributed by atoms with E-state index in [0.717, 1.165) is 27.3 Å². The van der Waals surface area contributed by atoms with Gasteiger partial charge in [-0.2, -0.15) is 0 Å². The van der Waals surface area contributed by atoms with Gasteiger partial charge in [-0.25, -0.2) is 4.98 Å². The molecule has 1 aromatic carbocycles. The van der Waals surface area contributed by atoms with E-state index in [-0.39, 0.29) is 0 Å². The lowest BCUT2D eigenvalue weighted by atomic mass is 10.2. The van der Waals surface area contributed by atoms with Gasteiger partial charge in [-0.1, -0.05) is 22.0 Å². The number of thiazole rings is 1. The van der Waals surface area contributed by atoms with Gasteiger partial charge in [0.2, 0.25) is 0 Å². The van der Waals surface area contributed by atoms with Crippen LogP contribution in [0.5, 0.6) is 0 Å². The highest BCUT2D eigenvalue weighted by Crippen LogP contribution is 2.26. The number of hydrogen-bond donors (Lipinski definition) is 1. The Kier molecular flexibility index (Phi) is 4.74. The molecule has 0 aliphatic rings. The van der Waals surface area contributed by atoms with Crippen LogP contribution in [0.3, 0.4) is 0 Å². The normalized spacial score (nSPS) is 10.6. The number of methoxy groups -OCH3 is 1. The molecule has 2 aromatic rings. The number of rotatable bonds is 5. The summed E-state index contributed by atoms with van der Waals surface area (Å²) in [6.07, 6.45) is 1.92. The molecule has 96 valence electrons. The van der Waals surface area contributed by atoms with Crippen LogP contribution in [0.25, 0.3) is 0 Å². The van der Waals surface area contributed by atoms with Crippen molar-refractivity contribution < 1.29 is 4.74 Å². The summed E-state index contributed by atoms with van der Waals surface area (Å²) >= 11 is 5.26. The number of aromatic nitrogens is 1. The molecule has 0 amide bonds. The zero-order chi connectivity index (χ0) is 13.0. The maximum Gasteiger partial charge on any atom is 0.0897 e. The van der Waals surface area contributed by atoms with E-state index in [0.29, 0.717) is 6.61 Å². The summed E-state index contributed by atoms with van der Waals surface area (Å²) in [6.45, 7) is 3.40. The molecule has 1 heterocycles. The van der Waals surface area contributed by atoms with Crippen LogP contribution in [-0.2, 0) is 17.9 Å². The molecule has 5 heteroatoms. The Bertz CT molecular complexity index is 527. The Hall–Kier alpha value is -0.910. The molecule has 0 fully saturated rings. The molecule has 0 bridgehead atoms. The monoisotopic (exact) mass is 326 g/mol. The highest BCUT2D eigenvalue weighted by Gasteiger charge is 2.06. The van der Waals surface area contributed by atoms with Crippen LogP contribution in [0.2, 0.25) is 0 Å². The van der Waals surface area contributed by atoms with E-state index in [1.165, 1.54) is 4.88 Å². The summed E-state index contributed by atoms with van der Waals surface area (Å²) in [7, 11) is 1.70. The van der Waals surface area contributed by atoms with E-state index >= 15 is 0 Å². The van der Waals surface area contributed by atoms with Gasteiger partial charge in [0, 0.05) is 33.9 Å². The van der Waals surface area contributed by atoms with Gasteiger partial charge in [0.25, 0.3) is 0 Å². The number of aryl methyl sites for hydroxylation is 1. The van der Waals surface area contributed by atoms with Crippen molar-refractivity contribution >= 4 is 33.0 Å². The van der Waals surface area contributed by atoms with Crippen molar-refractivity contribution in [1.29, 1.82) is 0 Å². The molecule has 1 aromatic heterocycles. The lowest BCUT2D eigenvalue weighted by Crippen LogP contribution is -2.02. The first-order valence-electron chi connectivity index (χ1n) is 5.62. The van der Waals surface area contributed by atoms with Crippen molar-refractivity contribution in [3.8, 4) is 0 Å². The molecule has 0 radical (unpaired) electrons. The van der Waals surface area contributed by atoms with E-state index in [9.17, 15) is 0 Å². The number of nitrogens with one attached hydrogen (secondary N) is 1. The molecule has 2 rings (SSSR count). The van der Waals surface area contributed by atoms with Gasteiger partial charge < -0.3 is 10.1 Å². The maximum absolute atomic E-state index is 5.23. The standard InChI is InChI=1S/C13H15BrN2OS/c1-9-15-6-10(18-9)7-16-13-5-3-4-12(14)11(13)8-17-2/h3-6,16H,7-8H2,1-2H3. The third kappa shape index (κ3) is 3.31. The van der Waals surface area contributed by atoms with Gasteiger partial charge in [-0.05, 0) is 19.1 Å². The van der Waals surface area contributed by atoms with Crippen LogP contribution in [0.4, 0.5) is 5.69 Å². The summed E-state index contributed by atoms with van der Waals surface area (Å²) in [5.74, 6) is 0. The van der Waals surface area contributed by atoms with Crippen molar-refractivity contribution in [2.75, 3.05) is 12.4 Å². The first-order chi connectivity index (χ1) is 8.70. The molecule has 0 aliphatic heterocycles. The molecule has 3 nitrogen and oxygen atoms in total. The summed E-state index contributed by atoms with van der Waals surface area (Å²) in [5.41, 5.74) is 2.23. The smallest absolute Gasteiger partial charge is 0.0897 e. The number of benzene rings is 1. The summed E-state index contributed by atoms with van der Waals surface area (Å²) in [6, 6.07) is 6.10. The van der Waals surface area contributed by atoms with Gasteiger partial charge in [-0.3, -0.25) is 0 Å². The number of halogens is 1. The number of hydrogen-bond acceptors (Lipinski definition) is 4. The molecule has 0 atom stereocenters. The molecule has 1 N–H and O–H groups in total. The Morgan fingerprint density at radius 2 is 2.28 bits per heavy atom. The van der Waals surface area contributed by atoms with E-state index in [1.807, 2.05) is 25.3 Å². The van der Waals surface area contributed by atoms with Crippen LogP contribution in [0.15, 0.2) is 28.9 Å². The second kappa shape index (κ2) is 6.31. The zero-order valence-corrected chi connectivity index (χ0v) is 12.8. The predicted molar refractivity (Wildman–Crippen MR) is 79.0 cm³/mol. The Labute approximate surface area is 119 Å². The average molecular weight is 327 g/mol. The molecule has 0 saturated carbocycles. The molecule has 0 unspecified atom stereocenters. The predicted octanol–water partition coefficient (Wildman–Crippen LogP) is 3.97. The minimum absolute atomic E-state index is 0.589. The molecule has 0 spiro atoms. The highest BCUT2D eigenvalue weighted by atomic mass is 79.9. The number of nitrogens with zero attached hydrogens (tertiary/aromatic N) is 1. The van der Waals surface area contributed by atoms with Gasteiger partial charge in [-0.15, -0.1) is 11.3 Å². The van der Waals surface area contributed by atoms with Gasteiger partial charge >= 0.3 is 0 Å².